The van der Waals surface area contributed by atoms with Crippen LogP contribution >= 0.6 is 0 Å². The van der Waals surface area contributed by atoms with Crippen molar-refractivity contribution in [2.24, 2.45) is 17.3 Å². The Labute approximate surface area is 231 Å². The molecule has 2 aromatic rings. The number of aryl methyl sites for hydroxylation is 1. The molecule has 9 heteroatoms. The summed E-state index contributed by atoms with van der Waals surface area (Å²) in [5.74, 6) is -0.933. The molecule has 0 amide bonds. The fraction of sp³-hybridized carbons (Fsp3) is 0.581. The summed E-state index contributed by atoms with van der Waals surface area (Å²) in [5.41, 5.74) is 2.40. The summed E-state index contributed by atoms with van der Waals surface area (Å²) < 4.78 is 63.9. The van der Waals surface area contributed by atoms with Crippen molar-refractivity contribution in [1.82, 2.24) is 4.90 Å². The summed E-state index contributed by atoms with van der Waals surface area (Å²) in [6.07, 6.45) is 1.71. The van der Waals surface area contributed by atoms with E-state index in [4.69, 9.17) is 4.74 Å². The van der Waals surface area contributed by atoms with Crippen LogP contribution in [0.2, 0.25) is 0 Å². The summed E-state index contributed by atoms with van der Waals surface area (Å²) in [6, 6.07) is 9.17. The average molecular weight is 562 g/mol. The van der Waals surface area contributed by atoms with Gasteiger partial charge < -0.3 is 14.6 Å². The Kier molecular flexibility index (Phi) is 6.79. The number of hydrogen-bond acceptors (Lipinski definition) is 4. The van der Waals surface area contributed by atoms with Crippen molar-refractivity contribution < 1.29 is 36.9 Å². The molecule has 2 aromatic carbocycles. The Morgan fingerprint density at radius 2 is 1.88 bits per heavy atom. The van der Waals surface area contributed by atoms with Crippen LogP contribution in [0.25, 0.3) is 0 Å². The van der Waals surface area contributed by atoms with Gasteiger partial charge in [0.15, 0.2) is 0 Å². The molecule has 0 radical (unpaired) electrons. The van der Waals surface area contributed by atoms with Crippen LogP contribution in [0, 0.1) is 23.1 Å². The van der Waals surface area contributed by atoms with E-state index in [1.807, 2.05) is 6.92 Å². The number of aliphatic carboxylic acids is 1. The van der Waals surface area contributed by atoms with Crippen LogP contribution < -0.4 is 9.47 Å². The number of halogens is 4. The molecule has 216 valence electrons. The van der Waals surface area contributed by atoms with Gasteiger partial charge in [0, 0.05) is 23.1 Å². The van der Waals surface area contributed by atoms with E-state index in [2.05, 4.69) is 27.8 Å². The molecule has 0 spiro atoms. The van der Waals surface area contributed by atoms with Crippen molar-refractivity contribution in [2.75, 3.05) is 6.54 Å². The SMILES string of the molecule is CC(C(=O)O)C(c1ccc2c(c1)OC(C13CCN(C(C)c4cc(F)ccc4OC(F)(F)F)C(C1)C3)CC2)C1CC1. The molecule has 2 bridgehead atoms. The van der Waals surface area contributed by atoms with Crippen molar-refractivity contribution in [3.8, 4) is 11.5 Å². The van der Waals surface area contributed by atoms with Gasteiger partial charge in [-0.1, -0.05) is 19.1 Å². The van der Waals surface area contributed by atoms with E-state index >= 15 is 0 Å². The van der Waals surface area contributed by atoms with Gasteiger partial charge in [0.1, 0.15) is 23.4 Å². The van der Waals surface area contributed by atoms with E-state index in [1.165, 1.54) is 0 Å². The first kappa shape index (κ1) is 27.4. The van der Waals surface area contributed by atoms with Gasteiger partial charge in [0.2, 0.25) is 0 Å². The van der Waals surface area contributed by atoms with Crippen molar-refractivity contribution in [3.63, 3.8) is 0 Å². The highest BCUT2D eigenvalue weighted by atomic mass is 19.4. The number of ether oxygens (including phenoxy) is 2. The van der Waals surface area contributed by atoms with Gasteiger partial charge in [-0.2, -0.15) is 0 Å². The molecule has 2 aliphatic carbocycles. The zero-order valence-electron chi connectivity index (χ0n) is 22.7. The highest BCUT2D eigenvalue weighted by molar-refractivity contribution is 5.71. The smallest absolute Gasteiger partial charge is 0.490 e. The molecule has 3 heterocycles. The predicted molar refractivity (Wildman–Crippen MR) is 140 cm³/mol. The monoisotopic (exact) mass is 561 g/mol. The second-order valence-electron chi connectivity index (χ2n) is 12.3. The van der Waals surface area contributed by atoms with Gasteiger partial charge >= 0.3 is 12.3 Å². The number of carboxylic acid groups (broad SMARTS) is 1. The third-order valence-corrected chi connectivity index (χ3v) is 9.93. The van der Waals surface area contributed by atoms with Crippen LogP contribution in [0.4, 0.5) is 17.6 Å². The third kappa shape index (κ3) is 5.06. The van der Waals surface area contributed by atoms with E-state index < -0.39 is 30.1 Å². The summed E-state index contributed by atoms with van der Waals surface area (Å²) >= 11 is 0. The van der Waals surface area contributed by atoms with Crippen LogP contribution in [0.1, 0.15) is 81.0 Å². The minimum Gasteiger partial charge on any atom is -0.490 e. The summed E-state index contributed by atoms with van der Waals surface area (Å²) in [6.45, 7) is 4.28. The number of fused-ring (bicyclic) bond motifs is 3. The predicted octanol–water partition coefficient (Wildman–Crippen LogP) is 7.25. The molecule has 4 atom stereocenters. The number of benzene rings is 2. The summed E-state index contributed by atoms with van der Waals surface area (Å²) in [5, 5.41) is 9.68. The second-order valence-corrected chi connectivity index (χ2v) is 12.3. The molecule has 1 N–H and O–H groups in total. The van der Waals surface area contributed by atoms with Gasteiger partial charge in [0.25, 0.3) is 0 Å². The molecule has 4 unspecified atom stereocenters. The Morgan fingerprint density at radius 1 is 1.12 bits per heavy atom. The largest absolute Gasteiger partial charge is 0.573 e. The molecular weight excluding hydrogens is 526 g/mol. The number of carboxylic acids is 1. The van der Waals surface area contributed by atoms with E-state index in [-0.39, 0.29) is 34.8 Å². The number of alkyl halides is 3. The van der Waals surface area contributed by atoms with E-state index in [9.17, 15) is 27.5 Å². The molecule has 4 fully saturated rings. The highest BCUT2D eigenvalue weighted by Crippen LogP contribution is 2.58. The molecule has 2 saturated carbocycles. The first-order valence-corrected chi connectivity index (χ1v) is 14.3. The lowest BCUT2D eigenvalue weighted by molar-refractivity contribution is -0.275. The number of nitrogens with zero attached hydrogens (tertiary/aromatic N) is 1. The Balaban J connectivity index is 1.16. The molecule has 5 aliphatic rings. The maximum absolute atomic E-state index is 14.0. The lowest BCUT2D eigenvalue weighted by Crippen LogP contribution is -2.63. The zero-order valence-corrected chi connectivity index (χ0v) is 22.7. The van der Waals surface area contributed by atoms with Crippen molar-refractivity contribution >= 4 is 5.97 Å². The minimum atomic E-state index is -4.85. The lowest BCUT2D eigenvalue weighted by atomic mass is 9.56. The molecule has 3 aliphatic heterocycles. The lowest BCUT2D eigenvalue weighted by Gasteiger charge is -2.62. The number of rotatable bonds is 8. The molecule has 40 heavy (non-hydrogen) atoms. The number of carbonyl (C=O) groups is 1. The maximum atomic E-state index is 14.0. The van der Waals surface area contributed by atoms with Crippen LogP contribution in [-0.4, -0.2) is 41.0 Å². The second kappa shape index (κ2) is 9.93. The molecular formula is C31H35F4NO4. The quantitative estimate of drug-likeness (QED) is 0.344. The zero-order chi connectivity index (χ0) is 28.4. The summed E-state index contributed by atoms with van der Waals surface area (Å²) in [7, 11) is 0. The van der Waals surface area contributed by atoms with Crippen molar-refractivity contribution in [2.45, 2.75) is 89.3 Å². The Bertz CT molecular complexity index is 1280. The van der Waals surface area contributed by atoms with Gasteiger partial charge in [-0.15, -0.1) is 13.2 Å². The van der Waals surface area contributed by atoms with Gasteiger partial charge in [-0.3, -0.25) is 9.69 Å². The summed E-state index contributed by atoms with van der Waals surface area (Å²) in [4.78, 5) is 14.0. The molecule has 2 saturated heterocycles. The van der Waals surface area contributed by atoms with E-state index in [0.29, 0.717) is 12.5 Å². The van der Waals surface area contributed by atoms with Crippen LogP contribution in [0.3, 0.4) is 0 Å². The molecule has 0 aromatic heterocycles. The van der Waals surface area contributed by atoms with Gasteiger partial charge in [-0.25, -0.2) is 4.39 Å². The topological polar surface area (TPSA) is 59.0 Å². The minimum absolute atomic E-state index is 0.00602. The van der Waals surface area contributed by atoms with Crippen LogP contribution in [0.5, 0.6) is 11.5 Å². The van der Waals surface area contributed by atoms with Crippen molar-refractivity contribution in [1.29, 1.82) is 0 Å². The number of piperidine rings is 2. The van der Waals surface area contributed by atoms with Gasteiger partial charge in [0.05, 0.1) is 5.92 Å². The fourth-order valence-corrected chi connectivity index (χ4v) is 7.63. The van der Waals surface area contributed by atoms with Crippen LogP contribution in [0.15, 0.2) is 36.4 Å². The molecule has 5 nitrogen and oxygen atoms in total. The fourth-order valence-electron chi connectivity index (χ4n) is 7.63. The highest BCUT2D eigenvalue weighted by Gasteiger charge is 2.57. The maximum Gasteiger partial charge on any atom is 0.573 e. The van der Waals surface area contributed by atoms with Crippen LogP contribution in [-0.2, 0) is 11.2 Å². The first-order chi connectivity index (χ1) is 18.9. The third-order valence-electron chi connectivity index (χ3n) is 9.93. The van der Waals surface area contributed by atoms with E-state index in [0.717, 1.165) is 80.0 Å². The van der Waals surface area contributed by atoms with Crippen molar-refractivity contribution in [3.05, 3.63) is 58.9 Å². The number of hydrogen-bond donors (Lipinski definition) is 1. The Morgan fingerprint density at radius 3 is 2.50 bits per heavy atom. The van der Waals surface area contributed by atoms with Gasteiger partial charge in [-0.05, 0) is 106 Å². The Hall–Kier alpha value is -2.81. The standard InChI is InChI=1S/C31H35F4NO4/c1-17(29(37)38)28(20-4-5-20)21-6-3-19-7-10-27(39-26(19)13-21)30-11-12-36(23(15-30)16-30)18(2)24-14-22(32)8-9-25(24)40-31(33,34)35/h3,6,8-9,13-14,17-18,20,23,27-28H,4-5,7,10-12,15-16H2,1-2H3,(H,37,38). The first-order valence-electron chi connectivity index (χ1n) is 14.3. The average Bonchev–Trinajstić information content (AvgIpc) is 3.72. The molecule has 7 rings (SSSR count). The normalized spacial score (nSPS) is 28.4. The van der Waals surface area contributed by atoms with E-state index in [1.54, 1.807) is 6.92 Å².